The van der Waals surface area contributed by atoms with E-state index in [1.165, 1.54) is 0 Å². The number of halogens is 1. The Labute approximate surface area is 164 Å². The first-order valence-electron chi connectivity index (χ1n) is 8.73. The van der Waals surface area contributed by atoms with Gasteiger partial charge in [-0.1, -0.05) is 47.6 Å². The van der Waals surface area contributed by atoms with Gasteiger partial charge in [0.15, 0.2) is 23.9 Å². The molecule has 4 rings (SSSR count). The standard InChI is InChI=1S/C20H21N3O3.ClH/c21-20(11-6-12-20)19-22-18(26-23-19)14-25-17-10-5-4-9-16(17)24-13-15-7-2-1-3-8-15;/h1-5,7-10H,6,11-14,21H2;1H. The highest BCUT2D eigenvalue weighted by Crippen LogP contribution is 2.37. The maximum atomic E-state index is 6.22. The summed E-state index contributed by atoms with van der Waals surface area (Å²) in [6, 6.07) is 17.5. The Morgan fingerprint density at radius 3 is 2.19 bits per heavy atom. The van der Waals surface area contributed by atoms with Gasteiger partial charge in [-0.25, -0.2) is 0 Å². The summed E-state index contributed by atoms with van der Waals surface area (Å²) in [5.41, 5.74) is 6.88. The van der Waals surface area contributed by atoms with E-state index in [1.807, 2.05) is 54.6 Å². The first-order chi connectivity index (χ1) is 12.7. The Balaban J connectivity index is 0.00000210. The quantitative estimate of drug-likeness (QED) is 0.660. The molecule has 1 aliphatic rings. The summed E-state index contributed by atoms with van der Waals surface area (Å²) in [5, 5.41) is 4.00. The van der Waals surface area contributed by atoms with Crippen LogP contribution in [0.3, 0.4) is 0 Å². The number of ether oxygens (including phenoxy) is 2. The van der Waals surface area contributed by atoms with Gasteiger partial charge in [-0.2, -0.15) is 4.98 Å². The van der Waals surface area contributed by atoms with E-state index in [0.29, 0.717) is 29.8 Å². The van der Waals surface area contributed by atoms with Gasteiger partial charge in [0.25, 0.3) is 5.89 Å². The van der Waals surface area contributed by atoms with Crippen molar-refractivity contribution in [1.82, 2.24) is 10.1 Å². The lowest BCUT2D eigenvalue weighted by molar-refractivity contribution is 0.216. The topological polar surface area (TPSA) is 83.4 Å². The van der Waals surface area contributed by atoms with Gasteiger partial charge in [0.1, 0.15) is 6.61 Å². The molecule has 1 fully saturated rings. The Hall–Kier alpha value is -2.57. The third-order valence-electron chi connectivity index (χ3n) is 4.60. The summed E-state index contributed by atoms with van der Waals surface area (Å²) in [4.78, 5) is 4.37. The summed E-state index contributed by atoms with van der Waals surface area (Å²) in [7, 11) is 0. The summed E-state index contributed by atoms with van der Waals surface area (Å²) >= 11 is 0. The fourth-order valence-electron chi connectivity index (χ4n) is 2.86. The van der Waals surface area contributed by atoms with Crippen LogP contribution in [0, 0.1) is 0 Å². The molecular weight excluding hydrogens is 366 g/mol. The SMILES string of the molecule is Cl.NC1(c2noc(COc3ccccc3OCc3ccccc3)n2)CCC1. The van der Waals surface area contributed by atoms with Crippen LogP contribution in [0.1, 0.15) is 36.5 Å². The van der Waals surface area contributed by atoms with E-state index in [4.69, 9.17) is 19.7 Å². The summed E-state index contributed by atoms with van der Waals surface area (Å²) < 4.78 is 17.0. The van der Waals surface area contributed by atoms with E-state index in [-0.39, 0.29) is 19.0 Å². The molecule has 7 heteroatoms. The highest BCUT2D eigenvalue weighted by Gasteiger charge is 2.39. The van der Waals surface area contributed by atoms with Gasteiger partial charge in [-0.05, 0) is 37.0 Å². The zero-order chi connectivity index (χ0) is 17.8. The average molecular weight is 388 g/mol. The van der Waals surface area contributed by atoms with Crippen molar-refractivity contribution < 1.29 is 14.0 Å². The van der Waals surface area contributed by atoms with Crippen LogP contribution in [0.2, 0.25) is 0 Å². The zero-order valence-electron chi connectivity index (χ0n) is 14.8. The minimum Gasteiger partial charge on any atom is -0.485 e. The Morgan fingerprint density at radius 2 is 1.56 bits per heavy atom. The van der Waals surface area contributed by atoms with E-state index in [2.05, 4.69) is 10.1 Å². The molecule has 1 heterocycles. The lowest BCUT2D eigenvalue weighted by atomic mass is 9.77. The fraction of sp³-hybridized carbons (Fsp3) is 0.300. The van der Waals surface area contributed by atoms with Crippen molar-refractivity contribution in [3.05, 3.63) is 71.9 Å². The van der Waals surface area contributed by atoms with E-state index >= 15 is 0 Å². The molecule has 3 aromatic rings. The molecule has 0 radical (unpaired) electrons. The number of nitrogens with zero attached hydrogens (tertiary/aromatic N) is 2. The maximum absolute atomic E-state index is 6.22. The highest BCUT2D eigenvalue weighted by molar-refractivity contribution is 5.85. The van der Waals surface area contributed by atoms with Crippen molar-refractivity contribution in [1.29, 1.82) is 0 Å². The second-order valence-corrected chi connectivity index (χ2v) is 6.53. The van der Waals surface area contributed by atoms with Crippen LogP contribution < -0.4 is 15.2 Å². The fourth-order valence-corrected chi connectivity index (χ4v) is 2.86. The summed E-state index contributed by atoms with van der Waals surface area (Å²) in [6.07, 6.45) is 2.88. The van der Waals surface area contributed by atoms with Crippen LogP contribution >= 0.6 is 12.4 Å². The number of benzene rings is 2. The minimum absolute atomic E-state index is 0. The number of para-hydroxylation sites is 2. The van der Waals surface area contributed by atoms with Crippen LogP contribution in [0.25, 0.3) is 0 Å². The van der Waals surface area contributed by atoms with Crippen molar-refractivity contribution >= 4 is 12.4 Å². The maximum Gasteiger partial charge on any atom is 0.264 e. The van der Waals surface area contributed by atoms with Crippen LogP contribution in [0.4, 0.5) is 0 Å². The molecule has 0 aliphatic heterocycles. The molecule has 0 atom stereocenters. The number of aromatic nitrogens is 2. The third kappa shape index (κ3) is 4.40. The minimum atomic E-state index is -0.432. The second kappa shape index (κ2) is 8.41. The van der Waals surface area contributed by atoms with Crippen molar-refractivity contribution in [3.63, 3.8) is 0 Å². The normalized spacial score (nSPS) is 14.7. The van der Waals surface area contributed by atoms with Crippen LogP contribution in [0.15, 0.2) is 59.1 Å². The molecule has 0 saturated heterocycles. The van der Waals surface area contributed by atoms with Gasteiger partial charge in [0.2, 0.25) is 0 Å². The molecule has 1 saturated carbocycles. The molecule has 0 bridgehead atoms. The van der Waals surface area contributed by atoms with Gasteiger partial charge in [0, 0.05) is 0 Å². The van der Waals surface area contributed by atoms with Crippen molar-refractivity contribution in [2.24, 2.45) is 5.73 Å². The predicted molar refractivity (Wildman–Crippen MR) is 103 cm³/mol. The third-order valence-corrected chi connectivity index (χ3v) is 4.60. The molecule has 0 spiro atoms. The summed E-state index contributed by atoms with van der Waals surface area (Å²) in [5.74, 6) is 2.28. The van der Waals surface area contributed by atoms with Crippen molar-refractivity contribution in [2.75, 3.05) is 0 Å². The lowest BCUT2D eigenvalue weighted by Crippen LogP contribution is -2.44. The number of hydrogen-bond donors (Lipinski definition) is 1. The lowest BCUT2D eigenvalue weighted by Gasteiger charge is -2.34. The van der Waals surface area contributed by atoms with E-state index in [1.54, 1.807) is 0 Å². The number of hydrogen-bond acceptors (Lipinski definition) is 6. The van der Waals surface area contributed by atoms with Gasteiger partial charge >= 0.3 is 0 Å². The average Bonchev–Trinajstić information content (AvgIpc) is 3.13. The van der Waals surface area contributed by atoms with Crippen molar-refractivity contribution in [2.45, 2.75) is 38.0 Å². The molecule has 2 N–H and O–H groups in total. The predicted octanol–water partition coefficient (Wildman–Crippen LogP) is 3.99. The molecule has 1 aliphatic carbocycles. The molecule has 6 nitrogen and oxygen atoms in total. The Kier molecular flexibility index (Phi) is 5.98. The first-order valence-corrected chi connectivity index (χ1v) is 8.73. The van der Waals surface area contributed by atoms with E-state index in [9.17, 15) is 0 Å². The van der Waals surface area contributed by atoms with Gasteiger partial charge in [-0.15, -0.1) is 12.4 Å². The second-order valence-electron chi connectivity index (χ2n) is 6.53. The van der Waals surface area contributed by atoms with E-state index in [0.717, 1.165) is 24.8 Å². The molecule has 27 heavy (non-hydrogen) atoms. The van der Waals surface area contributed by atoms with Gasteiger partial charge < -0.3 is 19.7 Å². The van der Waals surface area contributed by atoms with E-state index < -0.39 is 5.54 Å². The highest BCUT2D eigenvalue weighted by atomic mass is 35.5. The monoisotopic (exact) mass is 387 g/mol. The molecule has 2 aromatic carbocycles. The van der Waals surface area contributed by atoms with Gasteiger partial charge in [-0.3, -0.25) is 0 Å². The smallest absolute Gasteiger partial charge is 0.264 e. The van der Waals surface area contributed by atoms with Gasteiger partial charge in [0.05, 0.1) is 5.54 Å². The van der Waals surface area contributed by atoms with Crippen LogP contribution in [-0.2, 0) is 18.8 Å². The molecule has 0 unspecified atom stereocenters. The summed E-state index contributed by atoms with van der Waals surface area (Å²) in [6.45, 7) is 0.649. The molecule has 1 aromatic heterocycles. The molecular formula is C20H22ClN3O3. The Morgan fingerprint density at radius 1 is 0.926 bits per heavy atom. The molecule has 142 valence electrons. The first kappa shape index (κ1) is 19.2. The zero-order valence-corrected chi connectivity index (χ0v) is 15.7. The van der Waals surface area contributed by atoms with Crippen LogP contribution in [-0.4, -0.2) is 10.1 Å². The Bertz CT molecular complexity index is 866. The number of nitrogens with two attached hydrogens (primary N) is 1. The van der Waals surface area contributed by atoms with Crippen molar-refractivity contribution in [3.8, 4) is 11.5 Å². The van der Waals surface area contributed by atoms with Crippen LogP contribution in [0.5, 0.6) is 11.5 Å². The molecule has 0 amide bonds. The number of rotatable bonds is 7. The largest absolute Gasteiger partial charge is 0.485 e.